The number of hydrogen-bond donors (Lipinski definition) is 2. The molecular weight excluding hydrogens is 498 g/mol. The Kier molecular flexibility index (Phi) is 8.13. The van der Waals surface area contributed by atoms with Gasteiger partial charge in [0.05, 0.1) is 18.3 Å². The van der Waals surface area contributed by atoms with E-state index in [1.807, 2.05) is 0 Å². The number of esters is 1. The molecule has 0 heterocycles. The first kappa shape index (κ1) is 23.2. The third-order valence-corrected chi connectivity index (χ3v) is 4.83. The number of ether oxygens (including phenoxy) is 1. The molecule has 0 fully saturated rings. The van der Waals surface area contributed by atoms with Crippen molar-refractivity contribution in [3.05, 3.63) is 99.0 Å². The summed E-state index contributed by atoms with van der Waals surface area (Å²) in [5.41, 5.74) is 3.79. The zero-order chi connectivity index (χ0) is 22.9. The fourth-order valence-electron chi connectivity index (χ4n) is 2.48. The number of carbonyl (C=O) groups is 3. The Balaban J connectivity index is 1.45. The zero-order valence-electron chi connectivity index (χ0n) is 16.5. The third-order valence-electron chi connectivity index (χ3n) is 4.07. The monoisotopic (exact) mass is 513 g/mol. The van der Waals surface area contributed by atoms with E-state index in [9.17, 15) is 14.4 Å². The number of amides is 2. The molecule has 0 aliphatic heterocycles. The summed E-state index contributed by atoms with van der Waals surface area (Å²) in [6.45, 7) is -0.242. The minimum absolute atomic E-state index is 0.242. The second-order valence-electron chi connectivity index (χ2n) is 6.45. The van der Waals surface area contributed by atoms with Gasteiger partial charge in [-0.2, -0.15) is 5.10 Å². The van der Waals surface area contributed by atoms with E-state index in [4.69, 9.17) is 16.3 Å². The second kappa shape index (κ2) is 11.2. The van der Waals surface area contributed by atoms with E-state index in [-0.39, 0.29) is 6.54 Å². The van der Waals surface area contributed by atoms with Crippen molar-refractivity contribution < 1.29 is 19.1 Å². The maximum Gasteiger partial charge on any atom is 0.343 e. The van der Waals surface area contributed by atoms with Crippen molar-refractivity contribution in [3.8, 4) is 5.75 Å². The lowest BCUT2D eigenvalue weighted by atomic mass is 10.2. The van der Waals surface area contributed by atoms with Gasteiger partial charge in [-0.1, -0.05) is 33.6 Å². The van der Waals surface area contributed by atoms with Crippen molar-refractivity contribution in [2.45, 2.75) is 0 Å². The Morgan fingerprint density at radius 1 is 0.969 bits per heavy atom. The summed E-state index contributed by atoms with van der Waals surface area (Å²) in [5, 5.41) is 6.76. The SMILES string of the molecule is O=C(CNC(=O)c1cccc(Cl)c1)NN=Cc1ccc(OC(=O)c2ccc(Br)cc2)cc1. The smallest absolute Gasteiger partial charge is 0.343 e. The summed E-state index contributed by atoms with van der Waals surface area (Å²) in [6.07, 6.45) is 1.43. The predicted octanol–water partition coefficient (Wildman–Crippen LogP) is 4.20. The van der Waals surface area contributed by atoms with Gasteiger partial charge in [0.15, 0.2) is 0 Å². The molecule has 3 rings (SSSR count). The average molecular weight is 515 g/mol. The highest BCUT2D eigenvalue weighted by molar-refractivity contribution is 9.10. The van der Waals surface area contributed by atoms with Gasteiger partial charge >= 0.3 is 5.97 Å². The Bertz CT molecular complexity index is 1150. The Morgan fingerprint density at radius 2 is 1.69 bits per heavy atom. The van der Waals surface area contributed by atoms with Gasteiger partial charge < -0.3 is 10.1 Å². The molecule has 0 saturated carbocycles. The van der Waals surface area contributed by atoms with Gasteiger partial charge in [0, 0.05) is 15.1 Å². The van der Waals surface area contributed by atoms with Gasteiger partial charge in [-0.3, -0.25) is 9.59 Å². The van der Waals surface area contributed by atoms with E-state index >= 15 is 0 Å². The van der Waals surface area contributed by atoms with Gasteiger partial charge in [-0.15, -0.1) is 0 Å². The highest BCUT2D eigenvalue weighted by Gasteiger charge is 2.09. The van der Waals surface area contributed by atoms with Crippen LogP contribution < -0.4 is 15.5 Å². The van der Waals surface area contributed by atoms with E-state index in [0.29, 0.717) is 27.5 Å². The number of benzene rings is 3. The van der Waals surface area contributed by atoms with Gasteiger partial charge in [0.1, 0.15) is 5.75 Å². The van der Waals surface area contributed by atoms with Crippen LogP contribution in [-0.2, 0) is 4.79 Å². The van der Waals surface area contributed by atoms with Crippen LogP contribution in [0, 0.1) is 0 Å². The van der Waals surface area contributed by atoms with Crippen molar-refractivity contribution in [3.63, 3.8) is 0 Å². The number of halogens is 2. The molecule has 0 aliphatic carbocycles. The van der Waals surface area contributed by atoms with Gasteiger partial charge in [0.2, 0.25) is 0 Å². The maximum atomic E-state index is 12.1. The van der Waals surface area contributed by atoms with E-state index in [1.165, 1.54) is 12.3 Å². The molecule has 0 radical (unpaired) electrons. The number of hydrogen-bond acceptors (Lipinski definition) is 5. The topological polar surface area (TPSA) is 96.9 Å². The molecule has 3 aromatic carbocycles. The first-order chi connectivity index (χ1) is 15.4. The summed E-state index contributed by atoms with van der Waals surface area (Å²) >= 11 is 9.15. The van der Waals surface area contributed by atoms with Crippen LogP contribution in [0.3, 0.4) is 0 Å². The van der Waals surface area contributed by atoms with Crippen LogP contribution in [0.1, 0.15) is 26.3 Å². The summed E-state index contributed by atoms with van der Waals surface area (Å²) in [5.74, 6) is -0.995. The van der Waals surface area contributed by atoms with Crippen LogP contribution in [0.4, 0.5) is 0 Å². The van der Waals surface area contributed by atoms with E-state index in [2.05, 4.69) is 31.8 Å². The first-order valence-corrected chi connectivity index (χ1v) is 10.5. The van der Waals surface area contributed by atoms with Crippen molar-refractivity contribution in [1.29, 1.82) is 0 Å². The summed E-state index contributed by atoms with van der Waals surface area (Å²) < 4.78 is 6.19. The molecule has 3 aromatic rings. The second-order valence-corrected chi connectivity index (χ2v) is 7.80. The maximum absolute atomic E-state index is 12.1. The van der Waals surface area contributed by atoms with Crippen LogP contribution in [0.15, 0.2) is 82.4 Å². The van der Waals surface area contributed by atoms with Crippen molar-refractivity contribution in [2.75, 3.05) is 6.54 Å². The molecule has 9 heteroatoms. The van der Waals surface area contributed by atoms with Crippen LogP contribution in [0.5, 0.6) is 5.75 Å². The fourth-order valence-corrected chi connectivity index (χ4v) is 2.94. The molecule has 162 valence electrons. The molecule has 0 atom stereocenters. The fraction of sp³-hybridized carbons (Fsp3) is 0.0435. The average Bonchev–Trinajstić information content (AvgIpc) is 2.79. The summed E-state index contributed by atoms with van der Waals surface area (Å²) in [7, 11) is 0. The number of rotatable bonds is 7. The predicted molar refractivity (Wildman–Crippen MR) is 125 cm³/mol. The minimum atomic E-state index is -0.489. The van der Waals surface area contributed by atoms with E-state index < -0.39 is 17.8 Å². The molecule has 0 saturated heterocycles. The molecule has 32 heavy (non-hydrogen) atoms. The van der Waals surface area contributed by atoms with Gasteiger partial charge in [-0.25, -0.2) is 10.2 Å². The van der Waals surface area contributed by atoms with Gasteiger partial charge in [-0.05, 0) is 72.3 Å². The summed E-state index contributed by atoms with van der Waals surface area (Å²) in [6, 6.07) is 19.8. The molecule has 0 spiro atoms. The normalized spacial score (nSPS) is 10.6. The van der Waals surface area contributed by atoms with Crippen molar-refractivity contribution >= 4 is 51.5 Å². The number of nitrogens with one attached hydrogen (secondary N) is 2. The van der Waals surface area contributed by atoms with Crippen LogP contribution >= 0.6 is 27.5 Å². The summed E-state index contributed by atoms with van der Waals surface area (Å²) in [4.78, 5) is 36.0. The van der Waals surface area contributed by atoms with Crippen molar-refractivity contribution in [1.82, 2.24) is 10.7 Å². The molecule has 2 N–H and O–H groups in total. The first-order valence-electron chi connectivity index (χ1n) is 9.34. The number of hydrazone groups is 1. The van der Waals surface area contributed by atoms with E-state index in [1.54, 1.807) is 66.7 Å². The van der Waals surface area contributed by atoms with Crippen LogP contribution in [0.25, 0.3) is 0 Å². The van der Waals surface area contributed by atoms with Crippen molar-refractivity contribution in [2.24, 2.45) is 5.10 Å². The standard InChI is InChI=1S/C23H17BrClN3O4/c24-18-8-6-16(7-9-18)23(31)32-20-10-4-15(5-11-20)13-27-28-21(29)14-26-22(30)17-2-1-3-19(25)12-17/h1-13H,14H2,(H,26,30)(H,28,29). The molecule has 2 amide bonds. The highest BCUT2D eigenvalue weighted by atomic mass is 79.9. The minimum Gasteiger partial charge on any atom is -0.423 e. The Labute approximate surface area is 197 Å². The molecule has 0 aliphatic rings. The largest absolute Gasteiger partial charge is 0.423 e. The highest BCUT2D eigenvalue weighted by Crippen LogP contribution is 2.15. The molecule has 0 unspecified atom stereocenters. The van der Waals surface area contributed by atoms with Crippen LogP contribution in [0.2, 0.25) is 5.02 Å². The number of carbonyl (C=O) groups excluding carboxylic acids is 3. The molecule has 7 nitrogen and oxygen atoms in total. The third kappa shape index (κ3) is 7.04. The zero-order valence-corrected chi connectivity index (χ0v) is 18.9. The lowest BCUT2D eigenvalue weighted by Crippen LogP contribution is -2.34. The van der Waals surface area contributed by atoms with Gasteiger partial charge in [0.25, 0.3) is 11.8 Å². The molecule has 0 bridgehead atoms. The Hall–Kier alpha value is -3.49. The number of nitrogens with zero attached hydrogens (tertiary/aromatic N) is 1. The lowest BCUT2D eigenvalue weighted by molar-refractivity contribution is -0.120. The Morgan fingerprint density at radius 3 is 2.38 bits per heavy atom. The molecular formula is C23H17BrClN3O4. The molecule has 0 aromatic heterocycles. The lowest BCUT2D eigenvalue weighted by Gasteiger charge is -2.05. The van der Waals surface area contributed by atoms with E-state index in [0.717, 1.165) is 4.47 Å². The van der Waals surface area contributed by atoms with Crippen LogP contribution in [-0.4, -0.2) is 30.5 Å². The quantitative estimate of drug-likeness (QED) is 0.214.